The van der Waals surface area contributed by atoms with E-state index in [-0.39, 0.29) is 24.2 Å². The molecule has 1 aliphatic carbocycles. The minimum absolute atomic E-state index is 0.159. The molecule has 2 aliphatic heterocycles. The second-order valence-electron chi connectivity index (χ2n) is 12.3. The predicted octanol–water partition coefficient (Wildman–Crippen LogP) is 0.905. The smallest absolute Gasteiger partial charge is 0.322 e. The molecule has 3 aliphatic rings. The number of allylic oxidation sites excluding steroid dienone is 1. The van der Waals surface area contributed by atoms with Gasteiger partial charge in [0.25, 0.3) is 11.8 Å². The largest absolute Gasteiger partial charge is 0.480 e. The van der Waals surface area contributed by atoms with Crippen LogP contribution < -0.4 is 10.6 Å². The molecular weight excluding hydrogens is 720 g/mol. The van der Waals surface area contributed by atoms with Crippen molar-refractivity contribution in [2.45, 2.75) is 78.0 Å². The van der Waals surface area contributed by atoms with Gasteiger partial charge in [0.05, 0.1) is 17.8 Å². The number of carbonyl (C=O) groups is 8. The molecule has 8 atom stereocenters. The number of amides is 2. The highest BCUT2D eigenvalue weighted by Gasteiger charge is 2.55. The first-order valence-electron chi connectivity index (χ1n) is 16.6. The molecule has 0 bridgehead atoms. The number of fused-ring (bicyclic) bond motifs is 1. The van der Waals surface area contributed by atoms with Crippen molar-refractivity contribution in [2.24, 2.45) is 11.8 Å². The van der Waals surface area contributed by atoms with Crippen LogP contribution in [0.3, 0.4) is 0 Å². The maximum absolute atomic E-state index is 13.6. The SMILES string of the molecule is CC(=O)OCC1=CC[C@@H]2C(C(=O)Nc3ccc(C(=O)NCC(=O)O)cc3)=CO[C@@H](O[C@@H]3O[C@H](COC(C)=O)[C@@H](OC(C)=O)[C@H](OC(C)=O)[C@H]3OC(C)=O)[C@H]12. The van der Waals surface area contributed by atoms with E-state index >= 15 is 0 Å². The molecule has 1 fully saturated rings. The number of nitrogens with one attached hydrogen (secondary N) is 2. The first-order chi connectivity index (χ1) is 25.5. The van der Waals surface area contributed by atoms with Crippen LogP contribution in [0.15, 0.2) is 47.7 Å². The predicted molar refractivity (Wildman–Crippen MR) is 177 cm³/mol. The van der Waals surface area contributed by atoms with Gasteiger partial charge in [0, 0.05) is 51.8 Å². The second kappa shape index (κ2) is 18.3. The van der Waals surface area contributed by atoms with Crippen LogP contribution in [-0.2, 0) is 71.5 Å². The van der Waals surface area contributed by atoms with E-state index in [1.54, 1.807) is 6.08 Å². The molecule has 4 rings (SSSR count). The number of benzene rings is 1. The van der Waals surface area contributed by atoms with Crippen LogP contribution in [0.1, 0.15) is 51.4 Å². The van der Waals surface area contributed by atoms with Gasteiger partial charge in [0.1, 0.15) is 25.9 Å². The Hall–Kier alpha value is -5.82. The van der Waals surface area contributed by atoms with Crippen molar-refractivity contribution >= 4 is 53.3 Å². The summed E-state index contributed by atoms with van der Waals surface area (Å²) in [6.07, 6.45) is -5.53. The highest BCUT2D eigenvalue weighted by Crippen LogP contribution is 2.45. The van der Waals surface area contributed by atoms with Crippen LogP contribution >= 0.6 is 0 Å². The quantitative estimate of drug-likeness (QED) is 0.135. The van der Waals surface area contributed by atoms with Crippen molar-refractivity contribution in [1.82, 2.24) is 5.32 Å². The number of hydrogen-bond acceptors (Lipinski definition) is 16. The van der Waals surface area contributed by atoms with E-state index in [1.165, 1.54) is 37.5 Å². The summed E-state index contributed by atoms with van der Waals surface area (Å²) in [5.41, 5.74) is 1.14. The van der Waals surface area contributed by atoms with E-state index in [1.807, 2.05) is 0 Å². The first-order valence-corrected chi connectivity index (χ1v) is 16.6. The fourth-order valence-corrected chi connectivity index (χ4v) is 6.09. The van der Waals surface area contributed by atoms with Gasteiger partial charge in [0.15, 0.2) is 18.3 Å². The monoisotopic (exact) mass is 760 g/mol. The van der Waals surface area contributed by atoms with E-state index in [4.69, 9.17) is 43.0 Å². The Kier molecular flexibility index (Phi) is 13.9. The Morgan fingerprint density at radius 1 is 0.759 bits per heavy atom. The zero-order chi connectivity index (χ0) is 39.7. The number of anilines is 1. The average molecular weight is 761 g/mol. The summed E-state index contributed by atoms with van der Waals surface area (Å²) < 4.78 is 45.1. The Morgan fingerprint density at radius 2 is 1.37 bits per heavy atom. The molecule has 54 heavy (non-hydrogen) atoms. The third-order valence-corrected chi connectivity index (χ3v) is 8.24. The maximum Gasteiger partial charge on any atom is 0.322 e. The van der Waals surface area contributed by atoms with E-state index in [0.29, 0.717) is 11.3 Å². The van der Waals surface area contributed by atoms with Crippen LogP contribution in [0.2, 0.25) is 0 Å². The zero-order valence-corrected chi connectivity index (χ0v) is 29.9. The Bertz CT molecular complexity index is 1700. The van der Waals surface area contributed by atoms with Gasteiger partial charge >= 0.3 is 35.8 Å². The summed E-state index contributed by atoms with van der Waals surface area (Å²) in [7, 11) is 0. The second-order valence-corrected chi connectivity index (χ2v) is 12.3. The van der Waals surface area contributed by atoms with Gasteiger partial charge in [-0.05, 0) is 36.3 Å². The minimum Gasteiger partial charge on any atom is -0.480 e. The summed E-state index contributed by atoms with van der Waals surface area (Å²) in [4.78, 5) is 96.8. The lowest BCUT2D eigenvalue weighted by Gasteiger charge is -2.45. The fraction of sp³-hybridized carbons (Fsp3) is 0.486. The summed E-state index contributed by atoms with van der Waals surface area (Å²) in [5, 5.41) is 13.8. The third kappa shape index (κ3) is 10.9. The molecule has 1 aromatic rings. The molecule has 0 saturated carbocycles. The number of ether oxygens (including phenoxy) is 8. The average Bonchev–Trinajstić information content (AvgIpc) is 3.52. The van der Waals surface area contributed by atoms with Gasteiger partial charge in [-0.15, -0.1) is 0 Å². The highest BCUT2D eigenvalue weighted by atomic mass is 16.8. The molecule has 2 heterocycles. The summed E-state index contributed by atoms with van der Waals surface area (Å²) in [5.74, 6) is -7.63. The van der Waals surface area contributed by atoms with E-state index in [2.05, 4.69) is 10.6 Å². The number of esters is 5. The van der Waals surface area contributed by atoms with Gasteiger partial charge in [-0.25, -0.2) is 0 Å². The number of carboxylic acid groups (broad SMARTS) is 1. The van der Waals surface area contributed by atoms with Crippen LogP contribution in [-0.4, -0.2) is 109 Å². The number of hydrogen-bond donors (Lipinski definition) is 3. The molecule has 2 amide bonds. The standard InChI is InChI=1S/C35H40N2O17/c1-16(38)47-13-22-8-11-24-25(33(46)37-23-9-6-21(7-10-23)32(45)36-12-27(43)44)14-49-34(28(22)24)54-35-31(52-20(5)42)30(51-19(4)41)29(50-18(3)40)26(53-35)15-48-17(2)39/h6-10,14,24,26,28-31,34-35H,11-13,15H2,1-5H3,(H,36,45)(H,37,46)(H,43,44)/t24-,26-,28-,29-,30+,31-,34+,35+/m1/s1. The summed E-state index contributed by atoms with van der Waals surface area (Å²) >= 11 is 0. The summed E-state index contributed by atoms with van der Waals surface area (Å²) in [6, 6.07) is 5.69. The van der Waals surface area contributed by atoms with Crippen molar-refractivity contribution in [3.63, 3.8) is 0 Å². The van der Waals surface area contributed by atoms with Gasteiger partial charge in [-0.1, -0.05) is 6.08 Å². The molecule has 1 saturated heterocycles. The maximum atomic E-state index is 13.6. The zero-order valence-electron chi connectivity index (χ0n) is 29.9. The lowest BCUT2D eigenvalue weighted by Crippen LogP contribution is -2.63. The number of carbonyl (C=O) groups excluding carboxylic acids is 7. The van der Waals surface area contributed by atoms with Gasteiger partial charge < -0.3 is 53.6 Å². The van der Waals surface area contributed by atoms with Crippen molar-refractivity contribution in [2.75, 3.05) is 25.1 Å². The molecule has 0 aromatic heterocycles. The minimum atomic E-state index is -1.61. The number of rotatable bonds is 14. The van der Waals surface area contributed by atoms with Crippen molar-refractivity contribution in [1.29, 1.82) is 0 Å². The van der Waals surface area contributed by atoms with Crippen LogP contribution in [0.25, 0.3) is 0 Å². The highest BCUT2D eigenvalue weighted by molar-refractivity contribution is 6.04. The molecule has 292 valence electrons. The molecular formula is C35H40N2O17. The van der Waals surface area contributed by atoms with Gasteiger partial charge in [-0.3, -0.25) is 38.4 Å². The van der Waals surface area contributed by atoms with Crippen LogP contribution in [0.4, 0.5) is 5.69 Å². The fourth-order valence-electron chi connectivity index (χ4n) is 6.09. The molecule has 19 nitrogen and oxygen atoms in total. The molecule has 19 heteroatoms. The normalized spacial score (nSPS) is 25.6. The van der Waals surface area contributed by atoms with Crippen molar-refractivity contribution in [3.05, 3.63) is 53.3 Å². The number of carboxylic acids is 1. The topological polar surface area (TPSA) is 255 Å². The lowest BCUT2D eigenvalue weighted by atomic mass is 9.83. The van der Waals surface area contributed by atoms with Crippen LogP contribution in [0, 0.1) is 11.8 Å². The van der Waals surface area contributed by atoms with Gasteiger partial charge in [0.2, 0.25) is 12.6 Å². The summed E-state index contributed by atoms with van der Waals surface area (Å²) in [6.45, 7) is 4.33. The van der Waals surface area contributed by atoms with Crippen molar-refractivity contribution < 1.29 is 81.4 Å². The van der Waals surface area contributed by atoms with E-state index in [0.717, 1.165) is 27.7 Å². The lowest BCUT2D eigenvalue weighted by molar-refractivity contribution is -0.342. The van der Waals surface area contributed by atoms with Gasteiger partial charge in [-0.2, -0.15) is 0 Å². The molecule has 0 radical (unpaired) electrons. The Morgan fingerprint density at radius 3 is 1.96 bits per heavy atom. The Labute approximate surface area is 308 Å². The van der Waals surface area contributed by atoms with Crippen molar-refractivity contribution in [3.8, 4) is 0 Å². The third-order valence-electron chi connectivity index (χ3n) is 8.24. The van der Waals surface area contributed by atoms with E-state index in [9.17, 15) is 38.4 Å². The number of aliphatic carboxylic acids is 1. The first kappa shape index (κ1) is 40.9. The molecule has 0 unspecified atom stereocenters. The molecule has 3 N–H and O–H groups in total. The van der Waals surface area contributed by atoms with E-state index < -0.39 is 110 Å². The molecule has 1 aromatic carbocycles. The van der Waals surface area contributed by atoms with Crippen LogP contribution in [0.5, 0.6) is 0 Å². The Balaban J connectivity index is 1.64. The molecule has 0 spiro atoms.